The van der Waals surface area contributed by atoms with Crippen molar-refractivity contribution in [1.29, 1.82) is 5.26 Å². The van der Waals surface area contributed by atoms with Crippen LogP contribution >= 0.6 is 0 Å². The van der Waals surface area contributed by atoms with Crippen LogP contribution in [-0.4, -0.2) is 42.7 Å². The molecule has 0 radical (unpaired) electrons. The molecule has 1 aromatic heterocycles. The van der Waals surface area contributed by atoms with E-state index in [0.717, 1.165) is 0 Å². The first-order valence-electron chi connectivity index (χ1n) is 8.76. The van der Waals surface area contributed by atoms with E-state index in [0.29, 0.717) is 17.0 Å². The lowest BCUT2D eigenvalue weighted by Gasteiger charge is -2.10. The molecule has 0 saturated carbocycles. The number of aromatic amines is 1. The van der Waals surface area contributed by atoms with E-state index in [1.807, 2.05) is 6.07 Å². The van der Waals surface area contributed by atoms with Crippen molar-refractivity contribution in [3.63, 3.8) is 0 Å². The maximum atomic E-state index is 13.1. The molecule has 0 aliphatic carbocycles. The van der Waals surface area contributed by atoms with Crippen LogP contribution in [0.1, 0.15) is 44.6 Å². The predicted octanol–water partition coefficient (Wildman–Crippen LogP) is 3.32. The second-order valence-electron chi connectivity index (χ2n) is 6.12. The Morgan fingerprint density at radius 2 is 1.69 bits per heavy atom. The monoisotopic (exact) mass is 398 g/mol. The molecule has 0 fully saturated rings. The van der Waals surface area contributed by atoms with Gasteiger partial charge < -0.3 is 24.3 Å². The number of carbonyl (C=O) groups excluding carboxylic acids is 2. The van der Waals surface area contributed by atoms with Gasteiger partial charge in [0.1, 0.15) is 11.6 Å². The number of aryl methyl sites for hydroxylation is 2. The summed E-state index contributed by atoms with van der Waals surface area (Å²) < 4.78 is 15.2. The molecule has 2 aromatic rings. The number of rotatable bonds is 7. The third kappa shape index (κ3) is 4.24. The second-order valence-corrected chi connectivity index (χ2v) is 6.12. The number of ether oxygens (including phenoxy) is 3. The number of Topliss-reactive ketones (excluding diaryl/α,β-unsaturated/α-hetero) is 1. The van der Waals surface area contributed by atoms with E-state index >= 15 is 0 Å². The molecule has 152 valence electrons. The van der Waals surface area contributed by atoms with Gasteiger partial charge in [-0.3, -0.25) is 4.79 Å². The molecule has 0 unspecified atom stereocenters. The smallest absolute Gasteiger partial charge is 0.340 e. The maximum absolute atomic E-state index is 13.1. The van der Waals surface area contributed by atoms with Gasteiger partial charge in [0.05, 0.1) is 32.0 Å². The summed E-state index contributed by atoms with van der Waals surface area (Å²) in [5.41, 5.74) is 1.34. The van der Waals surface area contributed by atoms with Crippen molar-refractivity contribution in [3.05, 3.63) is 45.8 Å². The van der Waals surface area contributed by atoms with Crippen molar-refractivity contribution in [1.82, 2.24) is 4.98 Å². The van der Waals surface area contributed by atoms with Gasteiger partial charge in [0.2, 0.25) is 11.5 Å². The molecule has 29 heavy (non-hydrogen) atoms. The molecule has 0 amide bonds. The van der Waals surface area contributed by atoms with Crippen molar-refractivity contribution in [3.8, 4) is 23.3 Å². The quantitative estimate of drug-likeness (QED) is 0.317. The maximum Gasteiger partial charge on any atom is 0.340 e. The first kappa shape index (κ1) is 21.6. The van der Waals surface area contributed by atoms with Gasteiger partial charge in [0.25, 0.3) is 0 Å². The highest BCUT2D eigenvalue weighted by molar-refractivity contribution is 6.19. The molecular formula is C21H22N2O6. The fraction of sp³-hybridized carbons (Fsp3) is 0.286. The first-order valence-corrected chi connectivity index (χ1v) is 8.76. The zero-order valence-electron chi connectivity index (χ0n) is 16.9. The van der Waals surface area contributed by atoms with E-state index in [1.165, 1.54) is 32.4 Å². The van der Waals surface area contributed by atoms with Gasteiger partial charge in [-0.2, -0.15) is 5.26 Å². The fourth-order valence-electron chi connectivity index (χ4n) is 2.97. The lowest BCUT2D eigenvalue weighted by atomic mass is 9.97. The average molecular weight is 398 g/mol. The van der Waals surface area contributed by atoms with Crippen LogP contribution in [0.3, 0.4) is 0 Å². The molecule has 0 atom stereocenters. The molecule has 0 bridgehead atoms. The topological polar surface area (TPSA) is 122 Å². The highest BCUT2D eigenvalue weighted by Gasteiger charge is 2.27. The number of esters is 1. The Kier molecular flexibility index (Phi) is 6.67. The van der Waals surface area contributed by atoms with Crippen LogP contribution in [0.4, 0.5) is 0 Å². The van der Waals surface area contributed by atoms with Gasteiger partial charge in [-0.25, -0.2) is 4.79 Å². The number of phenolic OH excluding ortho intramolecular Hbond substituents is 1. The van der Waals surface area contributed by atoms with E-state index in [4.69, 9.17) is 14.2 Å². The van der Waals surface area contributed by atoms with Crippen molar-refractivity contribution in [2.75, 3.05) is 20.8 Å². The summed E-state index contributed by atoms with van der Waals surface area (Å²) in [6, 6.07) is 4.80. The first-order chi connectivity index (χ1) is 13.8. The number of hydrogen-bond acceptors (Lipinski definition) is 7. The van der Waals surface area contributed by atoms with Crippen LogP contribution in [0.5, 0.6) is 17.2 Å². The zero-order chi connectivity index (χ0) is 21.7. The summed E-state index contributed by atoms with van der Waals surface area (Å²) in [7, 11) is 2.74. The number of ketones is 1. The van der Waals surface area contributed by atoms with Crippen LogP contribution in [0.15, 0.2) is 17.7 Å². The van der Waals surface area contributed by atoms with Crippen LogP contribution < -0.4 is 9.47 Å². The average Bonchev–Trinajstić information content (AvgIpc) is 3.00. The van der Waals surface area contributed by atoms with Crippen molar-refractivity contribution in [2.45, 2.75) is 20.8 Å². The number of nitrogens with one attached hydrogen (secondary N) is 1. The van der Waals surface area contributed by atoms with Crippen LogP contribution in [0.25, 0.3) is 6.08 Å². The Hall–Kier alpha value is -3.73. The number of phenols is 1. The number of nitrogens with zero attached hydrogens (tertiary/aromatic N) is 1. The highest BCUT2D eigenvalue weighted by atomic mass is 16.5. The molecule has 2 rings (SSSR count). The minimum atomic E-state index is -0.636. The Morgan fingerprint density at radius 1 is 1.14 bits per heavy atom. The number of hydrogen-bond donors (Lipinski definition) is 2. The van der Waals surface area contributed by atoms with E-state index in [1.54, 1.807) is 20.8 Å². The number of methoxy groups -OCH3 is 2. The van der Waals surface area contributed by atoms with Gasteiger partial charge in [0, 0.05) is 11.4 Å². The van der Waals surface area contributed by atoms with Gasteiger partial charge in [0.15, 0.2) is 11.5 Å². The Labute approximate surface area is 168 Å². The molecule has 0 spiro atoms. The minimum absolute atomic E-state index is 0.0893. The van der Waals surface area contributed by atoms with Crippen LogP contribution in [0.2, 0.25) is 0 Å². The van der Waals surface area contributed by atoms with Gasteiger partial charge >= 0.3 is 5.97 Å². The number of nitriles is 1. The van der Waals surface area contributed by atoms with E-state index < -0.39 is 11.8 Å². The van der Waals surface area contributed by atoms with E-state index in [-0.39, 0.29) is 40.6 Å². The largest absolute Gasteiger partial charge is 0.502 e. The summed E-state index contributed by atoms with van der Waals surface area (Å²) in [6.45, 7) is 5.12. The minimum Gasteiger partial charge on any atom is -0.502 e. The second kappa shape index (κ2) is 8.97. The van der Waals surface area contributed by atoms with Crippen LogP contribution in [-0.2, 0) is 4.74 Å². The molecular weight excluding hydrogens is 376 g/mol. The van der Waals surface area contributed by atoms with Crippen molar-refractivity contribution < 1.29 is 28.9 Å². The molecule has 0 aliphatic heterocycles. The summed E-state index contributed by atoms with van der Waals surface area (Å²) >= 11 is 0. The zero-order valence-corrected chi connectivity index (χ0v) is 16.9. The molecule has 2 N–H and O–H groups in total. The molecule has 1 heterocycles. The van der Waals surface area contributed by atoms with E-state index in [9.17, 15) is 20.0 Å². The number of benzene rings is 1. The SMILES string of the molecule is CCOC(=O)c1c(C)[nH]c(C)c1C(=O)/C(C#N)=C/c1cc(OC)c(O)c(OC)c1. The lowest BCUT2D eigenvalue weighted by molar-refractivity contribution is 0.0523. The summed E-state index contributed by atoms with van der Waals surface area (Å²) in [4.78, 5) is 28.4. The third-order valence-electron chi connectivity index (χ3n) is 4.26. The molecule has 1 aromatic carbocycles. The van der Waals surface area contributed by atoms with E-state index in [2.05, 4.69) is 4.98 Å². The number of carbonyl (C=O) groups is 2. The van der Waals surface area contributed by atoms with Gasteiger partial charge in [-0.1, -0.05) is 0 Å². The normalized spacial score (nSPS) is 11.0. The third-order valence-corrected chi connectivity index (χ3v) is 4.26. The van der Waals surface area contributed by atoms with Gasteiger partial charge in [-0.15, -0.1) is 0 Å². The lowest BCUT2D eigenvalue weighted by Crippen LogP contribution is -2.13. The number of aromatic nitrogens is 1. The molecule has 0 aliphatic rings. The fourth-order valence-corrected chi connectivity index (χ4v) is 2.97. The predicted molar refractivity (Wildman–Crippen MR) is 105 cm³/mol. The molecule has 0 saturated heterocycles. The summed E-state index contributed by atoms with van der Waals surface area (Å²) in [5, 5.41) is 19.6. The van der Waals surface area contributed by atoms with Crippen LogP contribution in [0, 0.1) is 25.2 Å². The number of allylic oxidation sites excluding steroid dienone is 1. The standard InChI is InChI=1S/C21H22N2O6/c1-6-29-21(26)18-12(3)23-11(2)17(18)19(24)14(10-22)7-13-8-15(27-4)20(25)16(9-13)28-5/h7-9,23,25H,6H2,1-5H3/b14-7+. The Morgan fingerprint density at radius 3 is 2.17 bits per heavy atom. The van der Waals surface area contributed by atoms with Crippen molar-refractivity contribution in [2.24, 2.45) is 0 Å². The number of aromatic hydroxyl groups is 1. The number of H-pyrrole nitrogens is 1. The summed E-state index contributed by atoms with van der Waals surface area (Å²) in [5.74, 6) is -1.20. The van der Waals surface area contributed by atoms with Crippen molar-refractivity contribution >= 4 is 17.8 Å². The Bertz CT molecular complexity index is 1000. The van der Waals surface area contributed by atoms with Gasteiger partial charge in [-0.05, 0) is 44.5 Å². The highest BCUT2D eigenvalue weighted by Crippen LogP contribution is 2.37. The summed E-state index contributed by atoms with van der Waals surface area (Å²) in [6.07, 6.45) is 1.34. The Balaban J connectivity index is 2.59. The molecule has 8 nitrogen and oxygen atoms in total. The molecule has 8 heteroatoms.